The first-order valence-corrected chi connectivity index (χ1v) is 8.42. The second kappa shape index (κ2) is 9.53. The number of hydrogen-bond donors (Lipinski definition) is 2. The van der Waals surface area contributed by atoms with Gasteiger partial charge in [-0.3, -0.25) is 4.99 Å². The molecule has 0 amide bonds. The molecule has 0 aliphatic rings. The molecule has 0 aliphatic carbocycles. The molecule has 1 heterocycles. The van der Waals surface area contributed by atoms with Crippen molar-refractivity contribution in [3.8, 4) is 0 Å². The van der Waals surface area contributed by atoms with Gasteiger partial charge in [-0.25, -0.2) is 9.37 Å². The van der Waals surface area contributed by atoms with Gasteiger partial charge in [-0.15, -0.1) is 35.3 Å². The van der Waals surface area contributed by atoms with Crippen LogP contribution in [-0.4, -0.2) is 18.0 Å². The van der Waals surface area contributed by atoms with E-state index in [0.29, 0.717) is 23.5 Å². The second-order valence-corrected chi connectivity index (χ2v) is 6.92. The molecule has 23 heavy (non-hydrogen) atoms. The first-order valence-electron chi connectivity index (χ1n) is 6.81. The summed E-state index contributed by atoms with van der Waals surface area (Å²) in [5, 5.41) is 7.39. The Morgan fingerprint density at radius 3 is 2.57 bits per heavy atom. The molecule has 1 aromatic carbocycles. The van der Waals surface area contributed by atoms with Crippen molar-refractivity contribution in [3.63, 3.8) is 0 Å². The molecule has 0 aliphatic heterocycles. The van der Waals surface area contributed by atoms with Crippen LogP contribution in [0, 0.1) is 19.7 Å². The molecule has 0 atom stereocenters. The van der Waals surface area contributed by atoms with E-state index in [4.69, 9.17) is 0 Å². The minimum atomic E-state index is -0.268. The van der Waals surface area contributed by atoms with Gasteiger partial charge in [-0.05, 0) is 47.5 Å². The second-order valence-electron chi connectivity index (χ2n) is 4.78. The number of halogens is 3. The number of aliphatic imine (C=N–C) groups is 1. The van der Waals surface area contributed by atoms with Crippen LogP contribution in [-0.2, 0) is 13.1 Å². The molecule has 0 fully saturated rings. The first-order chi connectivity index (χ1) is 10.5. The van der Waals surface area contributed by atoms with Gasteiger partial charge in [-0.1, -0.05) is 6.07 Å². The lowest BCUT2D eigenvalue weighted by molar-refractivity contribution is 0.617. The van der Waals surface area contributed by atoms with Crippen molar-refractivity contribution in [2.24, 2.45) is 4.99 Å². The van der Waals surface area contributed by atoms with Crippen LogP contribution >= 0.6 is 51.2 Å². The fourth-order valence-electron chi connectivity index (χ4n) is 1.83. The number of benzene rings is 1. The molecule has 4 nitrogen and oxygen atoms in total. The molecule has 2 rings (SSSR count). The lowest BCUT2D eigenvalue weighted by Gasteiger charge is -2.11. The van der Waals surface area contributed by atoms with E-state index in [1.54, 1.807) is 24.5 Å². The smallest absolute Gasteiger partial charge is 0.191 e. The Morgan fingerprint density at radius 1 is 1.30 bits per heavy atom. The zero-order chi connectivity index (χ0) is 16.1. The average Bonchev–Trinajstić information content (AvgIpc) is 2.81. The topological polar surface area (TPSA) is 49.3 Å². The van der Waals surface area contributed by atoms with E-state index in [9.17, 15) is 4.39 Å². The Morgan fingerprint density at radius 2 is 2.00 bits per heavy atom. The lowest BCUT2D eigenvalue weighted by Crippen LogP contribution is -2.36. The van der Waals surface area contributed by atoms with Gasteiger partial charge in [0.1, 0.15) is 10.8 Å². The molecule has 8 heteroatoms. The summed E-state index contributed by atoms with van der Waals surface area (Å²) >= 11 is 4.82. The average molecular weight is 513 g/mol. The van der Waals surface area contributed by atoms with Crippen LogP contribution in [0.1, 0.15) is 21.1 Å². The van der Waals surface area contributed by atoms with Crippen LogP contribution in [0.25, 0.3) is 0 Å². The van der Waals surface area contributed by atoms with Crippen LogP contribution in [0.4, 0.5) is 4.39 Å². The van der Waals surface area contributed by atoms with Gasteiger partial charge in [0, 0.05) is 18.5 Å². The molecule has 0 bridgehead atoms. The maximum Gasteiger partial charge on any atom is 0.191 e. The number of thiazole rings is 1. The standard InChI is InChI=1S/C15H18BrFN4S.HI/c1-9-10(2)22-14(21-9)8-20-15(18-3)19-7-11-4-5-12(16)13(17)6-11;/h4-6H,7-8H2,1-3H3,(H2,18,19,20);1H. The number of aromatic nitrogens is 1. The highest BCUT2D eigenvalue weighted by molar-refractivity contribution is 14.0. The van der Waals surface area contributed by atoms with Gasteiger partial charge < -0.3 is 10.6 Å². The Hall–Kier alpha value is -0.740. The van der Waals surface area contributed by atoms with Gasteiger partial charge in [0.15, 0.2) is 5.96 Å². The monoisotopic (exact) mass is 512 g/mol. The molecule has 0 radical (unpaired) electrons. The van der Waals surface area contributed by atoms with Crippen LogP contribution in [0.3, 0.4) is 0 Å². The summed E-state index contributed by atoms with van der Waals surface area (Å²) in [6.07, 6.45) is 0. The van der Waals surface area contributed by atoms with Crippen LogP contribution in [0.5, 0.6) is 0 Å². The van der Waals surface area contributed by atoms with Crippen molar-refractivity contribution in [3.05, 3.63) is 49.6 Å². The molecular formula is C15H19BrFIN4S. The van der Waals surface area contributed by atoms with E-state index in [2.05, 4.69) is 43.5 Å². The van der Waals surface area contributed by atoms with Gasteiger partial charge in [0.05, 0.1) is 16.7 Å². The van der Waals surface area contributed by atoms with E-state index in [0.717, 1.165) is 16.3 Å². The van der Waals surface area contributed by atoms with Crippen molar-refractivity contribution in [1.29, 1.82) is 0 Å². The highest BCUT2D eigenvalue weighted by Crippen LogP contribution is 2.17. The van der Waals surface area contributed by atoms with E-state index < -0.39 is 0 Å². The molecule has 2 aromatic rings. The first kappa shape index (κ1) is 20.3. The van der Waals surface area contributed by atoms with E-state index in [-0.39, 0.29) is 29.8 Å². The number of rotatable bonds is 4. The molecule has 2 N–H and O–H groups in total. The minimum Gasteiger partial charge on any atom is -0.352 e. The molecule has 1 aromatic heterocycles. The minimum absolute atomic E-state index is 0. The fourth-order valence-corrected chi connectivity index (χ4v) is 2.95. The van der Waals surface area contributed by atoms with Crippen LogP contribution in [0.15, 0.2) is 27.7 Å². The summed E-state index contributed by atoms with van der Waals surface area (Å²) in [4.78, 5) is 9.86. The Labute approximate surface area is 165 Å². The summed E-state index contributed by atoms with van der Waals surface area (Å²) in [5.41, 5.74) is 1.92. The predicted octanol–water partition coefficient (Wildman–Crippen LogP) is 4.14. The number of hydrogen-bond acceptors (Lipinski definition) is 3. The van der Waals surface area contributed by atoms with Crippen molar-refractivity contribution < 1.29 is 4.39 Å². The molecule has 0 saturated heterocycles. The summed E-state index contributed by atoms with van der Waals surface area (Å²) < 4.78 is 13.9. The summed E-state index contributed by atoms with van der Waals surface area (Å²) in [5.74, 6) is 0.393. The largest absolute Gasteiger partial charge is 0.352 e. The number of nitrogens with zero attached hydrogens (tertiary/aromatic N) is 2. The number of guanidine groups is 1. The predicted molar refractivity (Wildman–Crippen MR) is 108 cm³/mol. The Bertz CT molecular complexity index is 671. The third kappa shape index (κ3) is 6.00. The molecule has 0 unspecified atom stereocenters. The molecule has 0 spiro atoms. The number of nitrogens with one attached hydrogen (secondary N) is 2. The normalized spacial score (nSPS) is 11.1. The zero-order valence-electron chi connectivity index (χ0n) is 13.1. The third-order valence-electron chi connectivity index (χ3n) is 3.15. The maximum absolute atomic E-state index is 13.5. The molecule has 126 valence electrons. The van der Waals surface area contributed by atoms with Gasteiger partial charge in [-0.2, -0.15) is 0 Å². The zero-order valence-corrected chi connectivity index (χ0v) is 17.8. The van der Waals surface area contributed by atoms with Gasteiger partial charge in [0.25, 0.3) is 0 Å². The highest BCUT2D eigenvalue weighted by atomic mass is 127. The molecule has 0 saturated carbocycles. The quantitative estimate of drug-likeness (QED) is 0.367. The maximum atomic E-state index is 13.5. The SMILES string of the molecule is CN=C(NCc1ccc(Br)c(F)c1)NCc1nc(C)c(C)s1.I. The fraction of sp³-hybridized carbons (Fsp3) is 0.333. The Balaban J connectivity index is 0.00000264. The van der Waals surface area contributed by atoms with Crippen LogP contribution < -0.4 is 10.6 Å². The van der Waals surface area contributed by atoms with Gasteiger partial charge >= 0.3 is 0 Å². The van der Waals surface area contributed by atoms with Crippen molar-refractivity contribution >= 4 is 57.2 Å². The van der Waals surface area contributed by atoms with E-state index in [1.165, 1.54) is 10.9 Å². The van der Waals surface area contributed by atoms with E-state index >= 15 is 0 Å². The van der Waals surface area contributed by atoms with Crippen molar-refractivity contribution in [2.75, 3.05) is 7.05 Å². The van der Waals surface area contributed by atoms with E-state index in [1.807, 2.05) is 13.0 Å². The summed E-state index contributed by atoms with van der Waals surface area (Å²) in [6.45, 7) is 5.18. The van der Waals surface area contributed by atoms with Crippen LogP contribution in [0.2, 0.25) is 0 Å². The number of aryl methyl sites for hydroxylation is 2. The van der Waals surface area contributed by atoms with Gasteiger partial charge in [0.2, 0.25) is 0 Å². The third-order valence-corrected chi connectivity index (χ3v) is 4.86. The summed E-state index contributed by atoms with van der Waals surface area (Å²) in [7, 11) is 1.70. The Kier molecular flexibility index (Phi) is 8.41. The highest BCUT2D eigenvalue weighted by Gasteiger charge is 2.05. The van der Waals surface area contributed by atoms with Crippen molar-refractivity contribution in [2.45, 2.75) is 26.9 Å². The van der Waals surface area contributed by atoms with Crippen molar-refractivity contribution in [1.82, 2.24) is 15.6 Å². The summed E-state index contributed by atoms with van der Waals surface area (Å²) in [6, 6.07) is 5.06. The molecular weight excluding hydrogens is 494 g/mol. The lowest BCUT2D eigenvalue weighted by atomic mass is 10.2.